The number of anilines is 1. The second-order valence-electron chi connectivity index (χ2n) is 7.34. The normalized spacial score (nSPS) is 21.1. The summed E-state index contributed by atoms with van der Waals surface area (Å²) in [5.74, 6) is -0.215. The van der Waals surface area contributed by atoms with E-state index in [1.165, 1.54) is 12.6 Å². The van der Waals surface area contributed by atoms with Crippen molar-refractivity contribution in [1.29, 1.82) is 0 Å². The van der Waals surface area contributed by atoms with E-state index in [2.05, 4.69) is 34.3 Å². The van der Waals surface area contributed by atoms with Crippen molar-refractivity contribution in [2.24, 2.45) is 0 Å². The van der Waals surface area contributed by atoms with Crippen LogP contribution in [0.3, 0.4) is 0 Å². The summed E-state index contributed by atoms with van der Waals surface area (Å²) in [6, 6.07) is 4.28. The Morgan fingerprint density at radius 2 is 1.92 bits per heavy atom. The average Bonchev–Trinajstić information content (AvgIpc) is 3.09. The average molecular weight is 359 g/mol. The summed E-state index contributed by atoms with van der Waals surface area (Å²) < 4.78 is 0. The number of likely N-dealkylation sites (N-methyl/N-ethyl adjacent to an activating group) is 1. The molecule has 2 aliphatic rings. The van der Waals surface area contributed by atoms with Crippen molar-refractivity contribution >= 4 is 17.5 Å². The van der Waals surface area contributed by atoms with Crippen LogP contribution >= 0.6 is 0 Å². The van der Waals surface area contributed by atoms with Crippen molar-refractivity contribution in [3.63, 3.8) is 0 Å². The van der Waals surface area contributed by atoms with Gasteiger partial charge in [-0.15, -0.1) is 0 Å². The Morgan fingerprint density at radius 3 is 2.62 bits per heavy atom. The summed E-state index contributed by atoms with van der Waals surface area (Å²) in [6.45, 7) is 8.36. The summed E-state index contributed by atoms with van der Waals surface area (Å²) in [5.41, 5.74) is 3.15. The van der Waals surface area contributed by atoms with Crippen LogP contribution in [0.5, 0.6) is 0 Å². The number of rotatable bonds is 4. The zero-order chi connectivity index (χ0) is 18.7. The van der Waals surface area contributed by atoms with Gasteiger partial charge >= 0.3 is 0 Å². The number of carbonyl (C=O) groups excluding carboxylic acids is 2. The zero-order valence-electron chi connectivity index (χ0n) is 16.0. The molecule has 2 fully saturated rings. The van der Waals surface area contributed by atoms with Gasteiger partial charge in [0.1, 0.15) is 0 Å². The Morgan fingerprint density at radius 1 is 1.19 bits per heavy atom. The molecule has 0 bridgehead atoms. The minimum atomic E-state index is -0.180. The highest BCUT2D eigenvalue weighted by molar-refractivity contribution is 5.84. The van der Waals surface area contributed by atoms with Gasteiger partial charge in [-0.1, -0.05) is 0 Å². The molecule has 1 aromatic rings. The summed E-state index contributed by atoms with van der Waals surface area (Å²) in [6.07, 6.45) is 1.89. The SMILES string of the molecule is CC(=O)NCC(=O)N1CCCC1c1cc(N2CCN(C)CC2)cc(C)n1. The van der Waals surface area contributed by atoms with Crippen LogP contribution < -0.4 is 10.2 Å². The molecule has 2 aliphatic heterocycles. The Kier molecular flexibility index (Phi) is 5.76. The number of aromatic nitrogens is 1. The van der Waals surface area contributed by atoms with Crippen molar-refractivity contribution < 1.29 is 9.59 Å². The Labute approximate surface area is 155 Å². The van der Waals surface area contributed by atoms with Gasteiger partial charge in [-0.25, -0.2) is 0 Å². The monoisotopic (exact) mass is 359 g/mol. The number of aryl methyl sites for hydroxylation is 1. The van der Waals surface area contributed by atoms with E-state index in [9.17, 15) is 9.59 Å². The third-order valence-corrected chi connectivity index (χ3v) is 5.23. The first-order chi connectivity index (χ1) is 12.4. The van der Waals surface area contributed by atoms with E-state index in [4.69, 9.17) is 4.98 Å². The lowest BCUT2D eigenvalue weighted by Crippen LogP contribution is -2.44. The standard InChI is InChI=1S/C19H29N5O2/c1-14-11-16(23-9-7-22(3)8-10-23)12-17(21-14)18-5-4-6-24(18)19(26)13-20-15(2)25/h11-12,18H,4-10,13H2,1-3H3,(H,20,25). The van der Waals surface area contributed by atoms with Crippen LogP contribution in [0.15, 0.2) is 12.1 Å². The predicted octanol–water partition coefficient (Wildman–Crippen LogP) is 0.941. The van der Waals surface area contributed by atoms with Crippen LogP contribution in [-0.4, -0.2) is 72.9 Å². The van der Waals surface area contributed by atoms with Gasteiger partial charge in [0.15, 0.2) is 0 Å². The molecule has 2 saturated heterocycles. The van der Waals surface area contributed by atoms with Gasteiger partial charge in [-0.05, 0) is 38.9 Å². The molecule has 26 heavy (non-hydrogen) atoms. The summed E-state index contributed by atoms with van der Waals surface area (Å²) in [7, 11) is 2.15. The first-order valence-corrected chi connectivity index (χ1v) is 9.40. The lowest BCUT2D eigenvalue weighted by atomic mass is 10.1. The van der Waals surface area contributed by atoms with E-state index in [1.54, 1.807) is 0 Å². The largest absolute Gasteiger partial charge is 0.369 e. The van der Waals surface area contributed by atoms with Crippen LogP contribution in [-0.2, 0) is 9.59 Å². The molecule has 7 heteroatoms. The molecule has 0 spiro atoms. The number of amides is 2. The number of nitrogens with one attached hydrogen (secondary N) is 1. The fraction of sp³-hybridized carbons (Fsp3) is 0.632. The fourth-order valence-corrected chi connectivity index (χ4v) is 3.77. The zero-order valence-corrected chi connectivity index (χ0v) is 16.0. The Hall–Kier alpha value is -2.15. The molecule has 0 radical (unpaired) electrons. The van der Waals surface area contributed by atoms with Gasteiger partial charge in [-0.2, -0.15) is 0 Å². The van der Waals surface area contributed by atoms with Gasteiger partial charge in [0.25, 0.3) is 0 Å². The van der Waals surface area contributed by atoms with E-state index in [1.807, 2.05) is 11.8 Å². The molecule has 1 unspecified atom stereocenters. The van der Waals surface area contributed by atoms with E-state index in [0.717, 1.165) is 57.0 Å². The topological polar surface area (TPSA) is 68.8 Å². The molecule has 1 atom stereocenters. The number of pyridine rings is 1. The maximum absolute atomic E-state index is 12.5. The third kappa shape index (κ3) is 4.33. The third-order valence-electron chi connectivity index (χ3n) is 5.23. The number of likely N-dealkylation sites (tertiary alicyclic amines) is 1. The van der Waals surface area contributed by atoms with Crippen molar-refractivity contribution in [3.8, 4) is 0 Å². The highest BCUT2D eigenvalue weighted by atomic mass is 16.2. The molecule has 1 aromatic heterocycles. The fourth-order valence-electron chi connectivity index (χ4n) is 3.77. The molecular formula is C19H29N5O2. The van der Waals surface area contributed by atoms with Crippen molar-refractivity contribution in [1.82, 2.24) is 20.1 Å². The molecule has 2 amide bonds. The lowest BCUT2D eigenvalue weighted by Gasteiger charge is -2.34. The van der Waals surface area contributed by atoms with E-state index in [0.29, 0.717) is 0 Å². The second-order valence-corrected chi connectivity index (χ2v) is 7.34. The van der Waals surface area contributed by atoms with Crippen LogP contribution in [0.25, 0.3) is 0 Å². The van der Waals surface area contributed by atoms with E-state index < -0.39 is 0 Å². The molecule has 142 valence electrons. The summed E-state index contributed by atoms with van der Waals surface area (Å²) in [4.78, 5) is 34.9. The number of piperazine rings is 1. The van der Waals surface area contributed by atoms with Gasteiger partial charge in [0.05, 0.1) is 18.3 Å². The minimum absolute atomic E-state index is 0.00220. The van der Waals surface area contributed by atoms with E-state index >= 15 is 0 Å². The number of carbonyl (C=O) groups is 2. The lowest BCUT2D eigenvalue weighted by molar-refractivity contribution is -0.133. The van der Waals surface area contributed by atoms with Crippen LogP contribution in [0, 0.1) is 6.92 Å². The summed E-state index contributed by atoms with van der Waals surface area (Å²) in [5, 5.41) is 2.61. The van der Waals surface area contributed by atoms with Gasteiger partial charge in [0, 0.05) is 51.0 Å². The van der Waals surface area contributed by atoms with Crippen LogP contribution in [0.2, 0.25) is 0 Å². The minimum Gasteiger partial charge on any atom is -0.369 e. The van der Waals surface area contributed by atoms with Crippen molar-refractivity contribution in [2.45, 2.75) is 32.7 Å². The molecule has 7 nitrogen and oxygen atoms in total. The maximum Gasteiger partial charge on any atom is 0.242 e. The van der Waals surface area contributed by atoms with Gasteiger partial charge in [-0.3, -0.25) is 14.6 Å². The number of hydrogen-bond acceptors (Lipinski definition) is 5. The molecule has 0 saturated carbocycles. The second kappa shape index (κ2) is 8.03. The smallest absolute Gasteiger partial charge is 0.242 e. The van der Waals surface area contributed by atoms with Gasteiger partial charge in [0.2, 0.25) is 11.8 Å². The molecular weight excluding hydrogens is 330 g/mol. The van der Waals surface area contributed by atoms with Crippen molar-refractivity contribution in [3.05, 3.63) is 23.5 Å². The number of nitrogens with zero attached hydrogens (tertiary/aromatic N) is 4. The highest BCUT2D eigenvalue weighted by Crippen LogP contribution is 2.33. The highest BCUT2D eigenvalue weighted by Gasteiger charge is 2.31. The van der Waals surface area contributed by atoms with Crippen LogP contribution in [0.4, 0.5) is 5.69 Å². The quantitative estimate of drug-likeness (QED) is 0.867. The van der Waals surface area contributed by atoms with Gasteiger partial charge < -0.3 is 20.0 Å². The molecule has 3 heterocycles. The van der Waals surface area contributed by atoms with Crippen LogP contribution in [0.1, 0.15) is 37.2 Å². The summed E-state index contributed by atoms with van der Waals surface area (Å²) >= 11 is 0. The van der Waals surface area contributed by atoms with Crippen molar-refractivity contribution in [2.75, 3.05) is 51.2 Å². The molecule has 0 aromatic carbocycles. The molecule has 3 rings (SSSR count). The predicted molar refractivity (Wildman–Crippen MR) is 101 cm³/mol. The number of hydrogen-bond donors (Lipinski definition) is 1. The molecule has 0 aliphatic carbocycles. The molecule has 1 N–H and O–H groups in total. The Bertz CT molecular complexity index is 670. The van der Waals surface area contributed by atoms with E-state index in [-0.39, 0.29) is 24.4 Å². The first-order valence-electron chi connectivity index (χ1n) is 9.40. The maximum atomic E-state index is 12.5. The Balaban J connectivity index is 1.77. The first kappa shape index (κ1) is 18.6.